The smallest absolute Gasteiger partial charge is 0.339 e. The van der Waals surface area contributed by atoms with E-state index >= 15 is 0 Å². The molecule has 0 bridgehead atoms. The van der Waals surface area contributed by atoms with Crippen molar-refractivity contribution in [2.45, 2.75) is 17.4 Å². The van der Waals surface area contributed by atoms with Gasteiger partial charge >= 0.3 is 5.97 Å². The molecular weight excluding hydrogens is 244 g/mol. The Labute approximate surface area is 98.9 Å². The third-order valence-electron chi connectivity index (χ3n) is 2.81. The van der Waals surface area contributed by atoms with E-state index in [-0.39, 0.29) is 16.2 Å². The lowest BCUT2D eigenvalue weighted by molar-refractivity contribution is -0.150. The predicted octanol–water partition coefficient (Wildman–Crippen LogP) is 0.223. The third-order valence-corrected chi connectivity index (χ3v) is 4.60. The number of aliphatic hydroxyl groups excluding tert-OH is 1. The minimum atomic E-state index is -3.26. The van der Waals surface area contributed by atoms with Crippen molar-refractivity contribution in [2.75, 3.05) is 12.9 Å². The van der Waals surface area contributed by atoms with Gasteiger partial charge in [-0.05, 0) is 23.6 Å². The molecule has 0 saturated carbocycles. The molecule has 0 saturated heterocycles. The van der Waals surface area contributed by atoms with Crippen LogP contribution in [-0.2, 0) is 25.8 Å². The minimum absolute atomic E-state index is 0.0834. The average Bonchev–Trinajstić information content (AvgIpc) is 2.63. The first-order valence-electron chi connectivity index (χ1n) is 5.07. The molecule has 2 rings (SSSR count). The number of carbonyl (C=O) groups excluding carboxylic acids is 1. The van der Waals surface area contributed by atoms with Gasteiger partial charge in [0.2, 0.25) is 0 Å². The average molecular weight is 256 g/mol. The summed E-state index contributed by atoms with van der Waals surface area (Å²) in [7, 11) is -2.09. The molecule has 1 atom stereocenters. The second kappa shape index (κ2) is 4.12. The zero-order chi connectivity index (χ0) is 12.6. The molecule has 5 nitrogen and oxygen atoms in total. The molecule has 0 radical (unpaired) electrons. The number of fused-ring (bicyclic) bond motifs is 1. The van der Waals surface area contributed by atoms with Gasteiger partial charge in [0, 0.05) is 0 Å². The molecule has 0 aromatic heterocycles. The van der Waals surface area contributed by atoms with Crippen molar-refractivity contribution < 1.29 is 23.1 Å². The number of aryl methyl sites for hydroxylation is 1. The molecule has 92 valence electrons. The Morgan fingerprint density at radius 1 is 1.47 bits per heavy atom. The van der Waals surface area contributed by atoms with Crippen LogP contribution in [0.25, 0.3) is 0 Å². The summed E-state index contributed by atoms with van der Waals surface area (Å²) in [6, 6.07) is 4.52. The van der Waals surface area contributed by atoms with Gasteiger partial charge in [-0.3, -0.25) is 0 Å². The molecule has 1 aliphatic heterocycles. The molecule has 0 aliphatic carbocycles. The largest absolute Gasteiger partial charge is 0.467 e. The van der Waals surface area contributed by atoms with Crippen LogP contribution >= 0.6 is 0 Å². The molecule has 1 aliphatic rings. The van der Waals surface area contributed by atoms with Crippen molar-refractivity contribution in [3.05, 3.63) is 29.3 Å². The molecule has 1 heterocycles. The van der Waals surface area contributed by atoms with Gasteiger partial charge in [-0.25, -0.2) is 13.2 Å². The van der Waals surface area contributed by atoms with Gasteiger partial charge in [0.15, 0.2) is 15.9 Å². The van der Waals surface area contributed by atoms with Gasteiger partial charge in [-0.1, -0.05) is 12.1 Å². The van der Waals surface area contributed by atoms with Crippen LogP contribution in [0.2, 0.25) is 0 Å². The molecular formula is C11H12O5S. The highest BCUT2D eigenvalue weighted by molar-refractivity contribution is 7.91. The molecule has 1 N–H and O–H groups in total. The number of benzene rings is 1. The normalized spacial score (nSPS) is 18.5. The van der Waals surface area contributed by atoms with Crippen molar-refractivity contribution in [1.29, 1.82) is 0 Å². The fraction of sp³-hybridized carbons (Fsp3) is 0.364. The molecule has 0 amide bonds. The number of hydrogen-bond acceptors (Lipinski definition) is 5. The lowest BCUT2D eigenvalue weighted by atomic mass is 10.1. The van der Waals surface area contributed by atoms with E-state index in [1.807, 2.05) is 0 Å². The molecule has 6 heteroatoms. The Balaban J connectivity index is 2.44. The van der Waals surface area contributed by atoms with E-state index in [0.29, 0.717) is 6.42 Å². The molecule has 1 unspecified atom stereocenters. The van der Waals surface area contributed by atoms with Crippen LogP contribution in [0, 0.1) is 0 Å². The van der Waals surface area contributed by atoms with E-state index in [2.05, 4.69) is 4.74 Å². The zero-order valence-electron chi connectivity index (χ0n) is 9.21. The Morgan fingerprint density at radius 3 is 2.82 bits per heavy atom. The maximum atomic E-state index is 11.7. The van der Waals surface area contributed by atoms with Crippen molar-refractivity contribution in [3.8, 4) is 0 Å². The maximum absolute atomic E-state index is 11.7. The van der Waals surface area contributed by atoms with Crippen molar-refractivity contribution in [2.24, 2.45) is 0 Å². The van der Waals surface area contributed by atoms with E-state index in [0.717, 1.165) is 12.7 Å². The van der Waals surface area contributed by atoms with E-state index in [1.165, 1.54) is 6.07 Å². The van der Waals surface area contributed by atoms with Gasteiger partial charge in [-0.2, -0.15) is 0 Å². The number of esters is 1. The molecule has 0 fully saturated rings. The third kappa shape index (κ3) is 2.05. The molecule has 1 aromatic rings. The quantitative estimate of drug-likeness (QED) is 0.766. The van der Waals surface area contributed by atoms with Crippen molar-refractivity contribution in [1.82, 2.24) is 0 Å². The number of aliphatic hydroxyl groups is 1. The summed E-state index contributed by atoms with van der Waals surface area (Å²) in [6.45, 7) is 0. The van der Waals surface area contributed by atoms with Crippen LogP contribution in [0.4, 0.5) is 0 Å². The first-order valence-corrected chi connectivity index (χ1v) is 6.72. The summed E-state index contributed by atoms with van der Waals surface area (Å²) in [5.74, 6) is -0.722. The second-order valence-corrected chi connectivity index (χ2v) is 5.94. The van der Waals surface area contributed by atoms with Gasteiger partial charge in [-0.15, -0.1) is 0 Å². The lowest BCUT2D eigenvalue weighted by Crippen LogP contribution is -2.13. The second-order valence-electron chi connectivity index (χ2n) is 3.86. The number of methoxy groups -OCH3 is 1. The highest BCUT2D eigenvalue weighted by atomic mass is 32.2. The minimum Gasteiger partial charge on any atom is -0.467 e. The van der Waals surface area contributed by atoms with E-state index in [4.69, 9.17) is 0 Å². The summed E-state index contributed by atoms with van der Waals surface area (Å²) in [5.41, 5.74) is 0.965. The highest BCUT2D eigenvalue weighted by Crippen LogP contribution is 2.28. The van der Waals surface area contributed by atoms with Crippen LogP contribution < -0.4 is 0 Å². The van der Waals surface area contributed by atoms with Crippen LogP contribution in [0.1, 0.15) is 17.2 Å². The Kier molecular flexibility index (Phi) is 2.92. The van der Waals surface area contributed by atoms with E-state index < -0.39 is 21.9 Å². The summed E-state index contributed by atoms with van der Waals surface area (Å²) >= 11 is 0. The predicted molar refractivity (Wildman–Crippen MR) is 59.2 cm³/mol. The summed E-state index contributed by atoms with van der Waals surface area (Å²) in [4.78, 5) is 11.4. The fourth-order valence-corrected chi connectivity index (χ4v) is 3.43. The number of hydrogen-bond donors (Lipinski definition) is 1. The van der Waals surface area contributed by atoms with Gasteiger partial charge in [0.25, 0.3) is 0 Å². The highest BCUT2D eigenvalue weighted by Gasteiger charge is 2.28. The molecule has 0 spiro atoms. The summed E-state index contributed by atoms with van der Waals surface area (Å²) in [5, 5.41) is 9.62. The van der Waals surface area contributed by atoms with Crippen molar-refractivity contribution >= 4 is 15.8 Å². The SMILES string of the molecule is COC(=O)C(O)c1ccc2c(c1)S(=O)(=O)CC2. The molecule has 1 aromatic carbocycles. The number of carbonyl (C=O) groups is 1. The Bertz CT molecular complexity index is 561. The van der Waals surface area contributed by atoms with Gasteiger partial charge < -0.3 is 9.84 Å². The Hall–Kier alpha value is -1.40. The standard InChI is InChI=1S/C11H12O5S/c1-16-11(13)10(12)8-3-2-7-4-5-17(14,15)9(7)6-8/h2-3,6,10,12H,4-5H2,1H3. The fourth-order valence-electron chi connectivity index (χ4n) is 1.84. The monoisotopic (exact) mass is 256 g/mol. The van der Waals surface area contributed by atoms with Crippen LogP contribution in [0.3, 0.4) is 0 Å². The summed E-state index contributed by atoms with van der Waals surface area (Å²) in [6.07, 6.45) is -0.965. The first kappa shape index (κ1) is 12.1. The molecule has 17 heavy (non-hydrogen) atoms. The van der Waals surface area contributed by atoms with Crippen molar-refractivity contribution in [3.63, 3.8) is 0 Å². The van der Waals surface area contributed by atoms with Crippen LogP contribution in [0.15, 0.2) is 23.1 Å². The van der Waals surface area contributed by atoms with Gasteiger partial charge in [0.1, 0.15) is 0 Å². The van der Waals surface area contributed by atoms with Gasteiger partial charge in [0.05, 0.1) is 17.8 Å². The van der Waals surface area contributed by atoms with E-state index in [9.17, 15) is 18.3 Å². The lowest BCUT2D eigenvalue weighted by Gasteiger charge is -2.09. The first-order chi connectivity index (χ1) is 7.95. The van der Waals surface area contributed by atoms with Crippen LogP contribution in [0.5, 0.6) is 0 Å². The van der Waals surface area contributed by atoms with E-state index in [1.54, 1.807) is 12.1 Å². The number of rotatable bonds is 2. The number of sulfone groups is 1. The number of ether oxygens (including phenoxy) is 1. The Morgan fingerprint density at radius 2 is 2.18 bits per heavy atom. The zero-order valence-corrected chi connectivity index (χ0v) is 10.0. The topological polar surface area (TPSA) is 80.7 Å². The maximum Gasteiger partial charge on any atom is 0.339 e. The van der Waals surface area contributed by atoms with Crippen LogP contribution in [-0.4, -0.2) is 32.4 Å². The summed E-state index contributed by atoms with van der Waals surface area (Å²) < 4.78 is 27.7.